The predicted molar refractivity (Wildman–Crippen MR) is 205 cm³/mol. The Morgan fingerprint density at radius 2 is 1.76 bits per heavy atom. The van der Waals surface area contributed by atoms with E-state index in [1.165, 1.54) is 25.7 Å². The van der Waals surface area contributed by atoms with Gasteiger partial charge in [0.1, 0.15) is 5.75 Å². The molecule has 0 atom stereocenters. The summed E-state index contributed by atoms with van der Waals surface area (Å²) in [6.07, 6.45) is 13.9. The molecule has 0 saturated heterocycles. The molecule has 0 unspecified atom stereocenters. The lowest BCUT2D eigenvalue weighted by Crippen LogP contribution is -2.31. The van der Waals surface area contributed by atoms with Crippen LogP contribution >= 0.6 is 34.9 Å². The Hall–Kier alpha value is -2.75. The Morgan fingerprint density at radius 1 is 1.13 bits per heavy atom. The normalized spacial score (nSPS) is 14.6. The molecule has 0 aliphatic heterocycles. The van der Waals surface area contributed by atoms with Crippen LogP contribution in [0.3, 0.4) is 0 Å². The van der Waals surface area contributed by atoms with E-state index in [-0.39, 0.29) is 0 Å². The van der Waals surface area contributed by atoms with Crippen LogP contribution in [0.1, 0.15) is 37.6 Å². The lowest BCUT2D eigenvalue weighted by Gasteiger charge is -2.25. The number of carbonyl (C=O) groups excluding carboxylic acids is 1. The summed E-state index contributed by atoms with van der Waals surface area (Å²) < 4.78 is 10.2. The maximum atomic E-state index is 10.0. The van der Waals surface area contributed by atoms with E-state index in [1.54, 1.807) is 49.1 Å². The Kier molecular flexibility index (Phi) is 25.7. The second-order valence-corrected chi connectivity index (χ2v) is 13.2. The molecule has 256 valence electrons. The molecule has 1 aliphatic carbocycles. The van der Waals surface area contributed by atoms with Crippen LogP contribution in [0.15, 0.2) is 47.9 Å². The first kappa shape index (κ1) is 43.2. The van der Waals surface area contributed by atoms with Crippen LogP contribution in [-0.4, -0.2) is 83.4 Å². The monoisotopic (exact) mass is 689 g/mol. The summed E-state index contributed by atoms with van der Waals surface area (Å²) in [5.41, 5.74) is 3.36. The van der Waals surface area contributed by atoms with Crippen LogP contribution in [-0.2, 0) is 9.53 Å². The van der Waals surface area contributed by atoms with E-state index in [4.69, 9.17) is 14.7 Å². The number of fused-ring (bicyclic) bond motifs is 1. The lowest BCUT2D eigenvalue weighted by atomic mass is 9.87. The Bertz CT molecular complexity index is 1280. The van der Waals surface area contributed by atoms with Crippen LogP contribution in [0.2, 0.25) is 0 Å². The number of nitriles is 1. The zero-order chi connectivity index (χ0) is 34.7. The smallest absolute Gasteiger partial charge is 0.207 e. The number of carbonyl (C=O) groups is 1. The largest absolute Gasteiger partial charge is 0.495 e. The van der Waals surface area contributed by atoms with Crippen molar-refractivity contribution in [1.82, 2.24) is 15.6 Å². The van der Waals surface area contributed by atoms with E-state index in [0.29, 0.717) is 18.2 Å². The SMILES string of the molecule is C=C(C#N)CNc1c(OC)ccc2ccc(-c3csc(C)n3)cc12.CC1CCC(NC=O)CC1.CNCCOC.CSC.CSC. The molecular weight excluding hydrogens is 635 g/mol. The number of nitrogens with one attached hydrogen (secondary N) is 3. The van der Waals surface area contributed by atoms with Gasteiger partial charge in [-0.2, -0.15) is 28.8 Å². The van der Waals surface area contributed by atoms with Gasteiger partial charge < -0.3 is 25.4 Å². The standard InChI is InChI=1S/C19H17N3OS.C8H15NO.C4H11NO.2C2H6S/c1-12(9-20)10-21-19-16-8-15(17-11-24-13(2)22-17)5-4-14(16)6-7-18(19)23-3;1-7-2-4-8(5-3-7)9-6-10;1-5-3-4-6-2;2*1-3-2/h4-8,11,21H,1,10H2,2-3H3;6-8H,2-5H2,1H3,(H,9,10);5H,3-4H2,1-2H3;2*1-2H3. The topological polar surface area (TPSA) is 108 Å². The van der Waals surface area contributed by atoms with Gasteiger partial charge in [0.15, 0.2) is 0 Å². The maximum Gasteiger partial charge on any atom is 0.207 e. The molecule has 2 aromatic carbocycles. The number of ether oxygens (including phenoxy) is 2. The lowest BCUT2D eigenvalue weighted by molar-refractivity contribution is -0.110. The highest BCUT2D eigenvalue weighted by Crippen LogP contribution is 2.36. The molecular formula is C35H55N5O3S3. The second kappa shape index (κ2) is 27.4. The molecule has 1 fully saturated rings. The summed E-state index contributed by atoms with van der Waals surface area (Å²) in [6.45, 7) is 10.1. The number of thiazole rings is 1. The van der Waals surface area contributed by atoms with Gasteiger partial charge in [-0.25, -0.2) is 4.98 Å². The minimum Gasteiger partial charge on any atom is -0.495 e. The number of methoxy groups -OCH3 is 2. The van der Waals surface area contributed by atoms with Crippen molar-refractivity contribution >= 4 is 57.7 Å². The van der Waals surface area contributed by atoms with Gasteiger partial charge in [0.25, 0.3) is 0 Å². The third-order valence-corrected chi connectivity index (χ3v) is 7.40. The van der Waals surface area contributed by atoms with E-state index in [2.05, 4.69) is 64.1 Å². The molecule has 1 amide bonds. The fraction of sp³-hybridized carbons (Fsp3) is 0.514. The van der Waals surface area contributed by atoms with Gasteiger partial charge in [-0.15, -0.1) is 11.3 Å². The molecule has 0 bridgehead atoms. The molecule has 11 heteroatoms. The summed E-state index contributed by atoms with van der Waals surface area (Å²) >= 11 is 5.13. The molecule has 8 nitrogen and oxygen atoms in total. The predicted octanol–water partition coefficient (Wildman–Crippen LogP) is 7.89. The van der Waals surface area contributed by atoms with E-state index >= 15 is 0 Å². The number of hydrogen-bond donors (Lipinski definition) is 3. The molecule has 46 heavy (non-hydrogen) atoms. The number of benzene rings is 2. The maximum absolute atomic E-state index is 10.0. The van der Waals surface area contributed by atoms with E-state index in [0.717, 1.165) is 64.0 Å². The quantitative estimate of drug-likeness (QED) is 0.111. The number of amides is 1. The molecule has 0 radical (unpaired) electrons. The van der Waals surface area contributed by atoms with Crippen LogP contribution in [0.5, 0.6) is 5.75 Å². The summed E-state index contributed by atoms with van der Waals surface area (Å²) in [5.74, 6) is 1.60. The zero-order valence-corrected chi connectivity index (χ0v) is 31.6. The van der Waals surface area contributed by atoms with E-state index in [9.17, 15) is 4.79 Å². The van der Waals surface area contributed by atoms with Crippen molar-refractivity contribution in [2.45, 2.75) is 45.6 Å². The summed E-state index contributed by atoms with van der Waals surface area (Å²) in [5, 5.41) is 23.2. The first-order valence-corrected chi connectivity index (χ1v) is 19.3. The average molecular weight is 690 g/mol. The Labute approximate surface area is 290 Å². The van der Waals surface area contributed by atoms with Gasteiger partial charge in [-0.05, 0) is 88.1 Å². The minimum atomic E-state index is 0.381. The van der Waals surface area contributed by atoms with Gasteiger partial charge in [0, 0.05) is 48.1 Å². The van der Waals surface area contributed by atoms with Crippen molar-refractivity contribution in [1.29, 1.82) is 5.26 Å². The molecule has 0 spiro atoms. The van der Waals surface area contributed by atoms with Crippen molar-refractivity contribution < 1.29 is 14.3 Å². The number of anilines is 1. The van der Waals surface area contributed by atoms with Gasteiger partial charge in [-0.3, -0.25) is 4.79 Å². The van der Waals surface area contributed by atoms with Crippen molar-refractivity contribution in [2.24, 2.45) is 5.92 Å². The number of aryl methyl sites for hydroxylation is 1. The molecule has 1 saturated carbocycles. The molecule has 3 N–H and O–H groups in total. The zero-order valence-electron chi connectivity index (χ0n) is 29.2. The molecule has 1 aliphatic rings. The summed E-state index contributed by atoms with van der Waals surface area (Å²) in [4.78, 5) is 14.6. The van der Waals surface area contributed by atoms with E-state index < -0.39 is 0 Å². The van der Waals surface area contributed by atoms with Crippen molar-refractivity contribution in [3.63, 3.8) is 0 Å². The van der Waals surface area contributed by atoms with Crippen molar-refractivity contribution in [3.8, 4) is 23.1 Å². The second-order valence-electron chi connectivity index (χ2n) is 10.6. The molecule has 1 heterocycles. The highest BCUT2D eigenvalue weighted by Gasteiger charge is 2.16. The van der Waals surface area contributed by atoms with Gasteiger partial charge >= 0.3 is 0 Å². The van der Waals surface area contributed by atoms with Crippen LogP contribution in [0, 0.1) is 24.2 Å². The first-order valence-electron chi connectivity index (χ1n) is 15.2. The van der Waals surface area contributed by atoms with Crippen LogP contribution < -0.4 is 20.7 Å². The Balaban J connectivity index is 0.000000755. The number of hydrogen-bond acceptors (Lipinski definition) is 10. The third-order valence-electron chi connectivity index (χ3n) is 6.63. The molecule has 1 aromatic heterocycles. The fourth-order valence-electron chi connectivity index (χ4n) is 4.27. The Morgan fingerprint density at radius 3 is 2.24 bits per heavy atom. The minimum absolute atomic E-state index is 0.381. The van der Waals surface area contributed by atoms with Crippen molar-refractivity contribution in [2.75, 3.05) is 71.3 Å². The van der Waals surface area contributed by atoms with E-state index in [1.807, 2.05) is 51.1 Å². The highest BCUT2D eigenvalue weighted by molar-refractivity contribution is 7.98. The van der Waals surface area contributed by atoms with Gasteiger partial charge in [-0.1, -0.05) is 31.7 Å². The summed E-state index contributed by atoms with van der Waals surface area (Å²) in [6, 6.07) is 12.7. The highest BCUT2D eigenvalue weighted by atomic mass is 32.2. The van der Waals surface area contributed by atoms with Crippen LogP contribution in [0.4, 0.5) is 5.69 Å². The number of rotatable bonds is 10. The number of nitrogens with zero attached hydrogens (tertiary/aromatic N) is 2. The van der Waals surface area contributed by atoms with Crippen LogP contribution in [0.25, 0.3) is 22.0 Å². The average Bonchev–Trinajstić information content (AvgIpc) is 3.50. The fourth-order valence-corrected chi connectivity index (χ4v) is 4.89. The number of thioether (sulfide) groups is 2. The third kappa shape index (κ3) is 17.8. The summed E-state index contributed by atoms with van der Waals surface area (Å²) in [7, 11) is 5.23. The van der Waals surface area contributed by atoms with Gasteiger partial charge in [0.05, 0.1) is 36.2 Å². The molecule has 3 aromatic rings. The first-order chi connectivity index (χ1) is 22.2. The molecule has 4 rings (SSSR count). The van der Waals surface area contributed by atoms with Gasteiger partial charge in [0.2, 0.25) is 6.41 Å². The van der Waals surface area contributed by atoms with Crippen molar-refractivity contribution in [3.05, 3.63) is 52.9 Å². The number of aromatic nitrogens is 1. The number of likely N-dealkylation sites (N-methyl/N-ethyl adjacent to an activating group) is 1.